The highest BCUT2D eigenvalue weighted by Gasteiger charge is 2.12. The lowest BCUT2D eigenvalue weighted by molar-refractivity contribution is 0.0601. The van der Waals surface area contributed by atoms with Gasteiger partial charge in [-0.15, -0.1) is 0 Å². The summed E-state index contributed by atoms with van der Waals surface area (Å²) in [5.41, 5.74) is 1.97. The molecule has 1 aromatic heterocycles. The summed E-state index contributed by atoms with van der Waals surface area (Å²) in [6, 6.07) is 10.4. The molecule has 132 valence electrons. The Hall–Kier alpha value is -2.93. The molecule has 7 heteroatoms. The minimum atomic E-state index is -0.432. The highest BCUT2D eigenvalue weighted by molar-refractivity contribution is 5.97. The molecule has 25 heavy (non-hydrogen) atoms. The summed E-state index contributed by atoms with van der Waals surface area (Å²) in [6.07, 6.45) is 1.55. The van der Waals surface area contributed by atoms with E-state index in [0.29, 0.717) is 29.2 Å². The zero-order valence-corrected chi connectivity index (χ0v) is 14.6. The number of nitrogens with one attached hydrogen (secondary N) is 2. The predicted octanol–water partition coefficient (Wildman–Crippen LogP) is 1.90. The summed E-state index contributed by atoms with van der Waals surface area (Å²) < 4.78 is 4.78. The number of likely N-dealkylation sites (N-methyl/N-ethyl adjacent to an activating group) is 1. The molecule has 0 atom stereocenters. The minimum Gasteiger partial charge on any atom is -0.465 e. The third-order valence-corrected chi connectivity index (χ3v) is 3.45. The number of rotatable bonds is 7. The molecule has 0 saturated heterocycles. The van der Waals surface area contributed by atoms with Crippen molar-refractivity contribution in [3.63, 3.8) is 0 Å². The van der Waals surface area contributed by atoms with Gasteiger partial charge >= 0.3 is 5.97 Å². The third-order valence-electron chi connectivity index (χ3n) is 3.45. The second-order valence-corrected chi connectivity index (χ2v) is 5.65. The standard InChI is InChI=1S/C18H22N4O3/c1-22(2)11-10-20-17(23)16-12-13(8-9-19-16)21-15-7-5-4-6-14(15)18(24)25-3/h4-9,12H,10-11H2,1-3H3,(H,19,21)(H,20,23). The number of benzene rings is 1. The number of nitrogens with zero attached hydrogens (tertiary/aromatic N) is 2. The van der Waals surface area contributed by atoms with Gasteiger partial charge in [0.1, 0.15) is 5.69 Å². The fourth-order valence-corrected chi connectivity index (χ4v) is 2.15. The molecule has 1 heterocycles. The van der Waals surface area contributed by atoms with E-state index >= 15 is 0 Å². The summed E-state index contributed by atoms with van der Waals surface area (Å²) in [5, 5.41) is 5.94. The van der Waals surface area contributed by atoms with Crippen LogP contribution in [-0.4, -0.2) is 56.1 Å². The van der Waals surface area contributed by atoms with E-state index in [-0.39, 0.29) is 5.91 Å². The first kappa shape index (κ1) is 18.4. The van der Waals surface area contributed by atoms with Crippen molar-refractivity contribution in [2.24, 2.45) is 0 Å². The smallest absolute Gasteiger partial charge is 0.339 e. The van der Waals surface area contributed by atoms with Gasteiger partial charge in [-0.3, -0.25) is 9.78 Å². The Bertz CT molecular complexity index is 747. The highest BCUT2D eigenvalue weighted by Crippen LogP contribution is 2.21. The van der Waals surface area contributed by atoms with Gasteiger partial charge in [0.15, 0.2) is 0 Å². The number of esters is 1. The quantitative estimate of drug-likeness (QED) is 0.748. The fourth-order valence-electron chi connectivity index (χ4n) is 2.15. The van der Waals surface area contributed by atoms with E-state index in [4.69, 9.17) is 4.74 Å². The molecule has 1 aromatic carbocycles. The molecule has 7 nitrogen and oxygen atoms in total. The van der Waals surface area contributed by atoms with Crippen LogP contribution in [0.4, 0.5) is 11.4 Å². The molecule has 0 aliphatic carbocycles. The number of hydrogen-bond donors (Lipinski definition) is 2. The molecule has 2 rings (SSSR count). The number of carbonyl (C=O) groups is 2. The number of amides is 1. The molecular formula is C18H22N4O3. The monoisotopic (exact) mass is 342 g/mol. The number of methoxy groups -OCH3 is 1. The van der Waals surface area contributed by atoms with E-state index in [9.17, 15) is 9.59 Å². The van der Waals surface area contributed by atoms with Crippen LogP contribution in [0.2, 0.25) is 0 Å². The molecule has 0 fully saturated rings. The average molecular weight is 342 g/mol. The minimum absolute atomic E-state index is 0.244. The topological polar surface area (TPSA) is 83.6 Å². The van der Waals surface area contributed by atoms with E-state index in [0.717, 1.165) is 6.54 Å². The average Bonchev–Trinajstić information content (AvgIpc) is 2.61. The van der Waals surface area contributed by atoms with E-state index < -0.39 is 5.97 Å². The molecular weight excluding hydrogens is 320 g/mol. The van der Waals surface area contributed by atoms with Crippen LogP contribution < -0.4 is 10.6 Å². The SMILES string of the molecule is COC(=O)c1ccccc1Nc1ccnc(C(=O)NCCN(C)C)c1. The second kappa shape index (κ2) is 8.79. The van der Waals surface area contributed by atoms with Crippen LogP contribution in [0.1, 0.15) is 20.8 Å². The van der Waals surface area contributed by atoms with Crippen molar-refractivity contribution in [2.45, 2.75) is 0 Å². The maximum atomic E-state index is 12.2. The zero-order valence-electron chi connectivity index (χ0n) is 14.6. The van der Waals surface area contributed by atoms with Crippen LogP contribution in [0.25, 0.3) is 0 Å². The molecule has 1 amide bonds. The number of pyridine rings is 1. The number of carbonyl (C=O) groups excluding carboxylic acids is 2. The van der Waals surface area contributed by atoms with Crippen molar-refractivity contribution in [3.05, 3.63) is 53.9 Å². The van der Waals surface area contributed by atoms with Gasteiger partial charge in [-0.25, -0.2) is 4.79 Å². The van der Waals surface area contributed by atoms with Crippen molar-refractivity contribution >= 4 is 23.3 Å². The van der Waals surface area contributed by atoms with Crippen molar-refractivity contribution in [2.75, 3.05) is 39.6 Å². The highest BCUT2D eigenvalue weighted by atomic mass is 16.5. The van der Waals surface area contributed by atoms with Crippen LogP contribution >= 0.6 is 0 Å². The van der Waals surface area contributed by atoms with Gasteiger partial charge in [0.25, 0.3) is 5.91 Å². The Balaban J connectivity index is 2.12. The van der Waals surface area contributed by atoms with Crippen LogP contribution in [0.3, 0.4) is 0 Å². The van der Waals surface area contributed by atoms with E-state index in [2.05, 4.69) is 15.6 Å². The normalized spacial score (nSPS) is 10.4. The van der Waals surface area contributed by atoms with E-state index in [1.807, 2.05) is 25.1 Å². The fraction of sp³-hybridized carbons (Fsp3) is 0.278. The van der Waals surface area contributed by atoms with E-state index in [1.54, 1.807) is 36.5 Å². The first-order valence-corrected chi connectivity index (χ1v) is 7.84. The lowest BCUT2D eigenvalue weighted by atomic mass is 10.1. The van der Waals surface area contributed by atoms with Gasteiger partial charge in [-0.2, -0.15) is 0 Å². The second-order valence-electron chi connectivity index (χ2n) is 5.65. The number of hydrogen-bond acceptors (Lipinski definition) is 6. The summed E-state index contributed by atoms with van der Waals surface area (Å²) >= 11 is 0. The largest absolute Gasteiger partial charge is 0.465 e. The zero-order chi connectivity index (χ0) is 18.2. The lowest BCUT2D eigenvalue weighted by Crippen LogP contribution is -2.31. The molecule has 0 bridgehead atoms. The molecule has 2 aromatic rings. The van der Waals surface area contributed by atoms with Gasteiger partial charge < -0.3 is 20.3 Å². The van der Waals surface area contributed by atoms with Gasteiger partial charge in [-0.05, 0) is 38.4 Å². The number of anilines is 2. The molecule has 0 spiro atoms. The van der Waals surface area contributed by atoms with Crippen LogP contribution in [-0.2, 0) is 4.74 Å². The van der Waals surface area contributed by atoms with Crippen molar-refractivity contribution in [1.29, 1.82) is 0 Å². The Labute approximate surface area is 147 Å². The summed E-state index contributed by atoms with van der Waals surface area (Å²) in [5.74, 6) is -0.675. The Morgan fingerprint density at radius 2 is 1.96 bits per heavy atom. The van der Waals surface area contributed by atoms with Crippen molar-refractivity contribution in [3.8, 4) is 0 Å². The lowest BCUT2D eigenvalue weighted by Gasteiger charge is -2.12. The Morgan fingerprint density at radius 3 is 2.68 bits per heavy atom. The maximum absolute atomic E-state index is 12.2. The summed E-state index contributed by atoms with van der Waals surface area (Å²) in [6.45, 7) is 1.28. The molecule has 0 aliphatic rings. The molecule has 0 radical (unpaired) electrons. The van der Waals surface area contributed by atoms with Gasteiger partial charge in [-0.1, -0.05) is 12.1 Å². The van der Waals surface area contributed by atoms with Crippen molar-refractivity contribution in [1.82, 2.24) is 15.2 Å². The van der Waals surface area contributed by atoms with Gasteiger partial charge in [0, 0.05) is 25.0 Å². The van der Waals surface area contributed by atoms with Crippen LogP contribution in [0.15, 0.2) is 42.6 Å². The summed E-state index contributed by atoms with van der Waals surface area (Å²) in [7, 11) is 5.21. The van der Waals surface area contributed by atoms with Crippen LogP contribution in [0, 0.1) is 0 Å². The number of aromatic nitrogens is 1. The van der Waals surface area contributed by atoms with Gasteiger partial charge in [0.2, 0.25) is 0 Å². The molecule has 0 saturated carbocycles. The molecule has 2 N–H and O–H groups in total. The van der Waals surface area contributed by atoms with Crippen LogP contribution in [0.5, 0.6) is 0 Å². The number of ether oxygens (including phenoxy) is 1. The first-order chi connectivity index (χ1) is 12.0. The maximum Gasteiger partial charge on any atom is 0.339 e. The molecule has 0 unspecified atom stereocenters. The van der Waals surface area contributed by atoms with Gasteiger partial charge in [0.05, 0.1) is 18.4 Å². The third kappa shape index (κ3) is 5.29. The Morgan fingerprint density at radius 1 is 1.20 bits per heavy atom. The van der Waals surface area contributed by atoms with E-state index in [1.165, 1.54) is 7.11 Å². The summed E-state index contributed by atoms with van der Waals surface area (Å²) in [4.78, 5) is 30.1. The van der Waals surface area contributed by atoms with Crippen molar-refractivity contribution < 1.29 is 14.3 Å². The Kier molecular flexibility index (Phi) is 6.47. The molecule has 0 aliphatic heterocycles. The predicted molar refractivity (Wildman–Crippen MR) is 96.2 cm³/mol. The number of para-hydroxylation sites is 1. The first-order valence-electron chi connectivity index (χ1n) is 7.84.